The van der Waals surface area contributed by atoms with Crippen LogP contribution in [0.2, 0.25) is 0 Å². The number of aryl methyl sites for hydroxylation is 1. The molecule has 0 saturated heterocycles. The van der Waals surface area contributed by atoms with Gasteiger partial charge in [0.25, 0.3) is 5.91 Å². The van der Waals surface area contributed by atoms with Gasteiger partial charge in [0, 0.05) is 56.4 Å². The molecule has 0 atom stereocenters. The van der Waals surface area contributed by atoms with Gasteiger partial charge in [-0.05, 0) is 18.2 Å². The molecule has 2 heterocycles. The summed E-state index contributed by atoms with van der Waals surface area (Å²) in [5, 5.41) is 2.60. The lowest BCUT2D eigenvalue weighted by molar-refractivity contribution is -0.127. The largest absolute Gasteiger partial charge is 0.347 e. The molecule has 0 aliphatic rings. The molecular weight excluding hydrogens is 361 g/mol. The number of aromatic nitrogens is 3. The summed E-state index contributed by atoms with van der Waals surface area (Å²) in [6, 6.07) is 7.77. The van der Waals surface area contributed by atoms with Gasteiger partial charge in [-0.2, -0.15) is 0 Å². The van der Waals surface area contributed by atoms with Crippen molar-refractivity contribution in [1.82, 2.24) is 24.8 Å². The second kappa shape index (κ2) is 7.99. The molecule has 0 aliphatic heterocycles. The lowest BCUT2D eigenvalue weighted by Crippen LogP contribution is -2.36. The molecule has 7 nitrogen and oxygen atoms in total. The van der Waals surface area contributed by atoms with Gasteiger partial charge in [-0.15, -0.1) is 0 Å². The van der Waals surface area contributed by atoms with Gasteiger partial charge in [-0.3, -0.25) is 9.59 Å². The van der Waals surface area contributed by atoms with Crippen LogP contribution in [0, 0.1) is 5.82 Å². The Morgan fingerprint density at radius 3 is 2.46 bits per heavy atom. The first-order chi connectivity index (χ1) is 13.3. The zero-order valence-corrected chi connectivity index (χ0v) is 15.8. The van der Waals surface area contributed by atoms with Crippen molar-refractivity contribution in [3.05, 3.63) is 60.4 Å². The van der Waals surface area contributed by atoms with E-state index in [1.165, 1.54) is 17.0 Å². The summed E-state index contributed by atoms with van der Waals surface area (Å²) < 4.78 is 15.0. The number of nitrogens with one attached hydrogen (secondary N) is 1. The molecule has 0 unspecified atom stereocenters. The fourth-order valence-electron chi connectivity index (χ4n) is 2.61. The molecule has 28 heavy (non-hydrogen) atoms. The minimum atomic E-state index is -0.350. The van der Waals surface area contributed by atoms with Gasteiger partial charge < -0.3 is 14.8 Å². The standard InChI is InChI=1S/C20H20FN5O2/c1-25(2)18(27)11-24-20(28)17-8-14(12-26(17)3)15-9-22-19(23-10-15)13-5-4-6-16(21)7-13/h4-10,12H,11H2,1-3H3,(H,24,28). The molecule has 0 bridgehead atoms. The van der Waals surface area contributed by atoms with Crippen molar-refractivity contribution < 1.29 is 14.0 Å². The number of amides is 2. The van der Waals surface area contributed by atoms with Crippen LogP contribution in [0.3, 0.4) is 0 Å². The Bertz CT molecular complexity index is 1010. The van der Waals surface area contributed by atoms with Gasteiger partial charge >= 0.3 is 0 Å². The number of nitrogens with zero attached hydrogens (tertiary/aromatic N) is 4. The van der Waals surface area contributed by atoms with E-state index in [1.807, 2.05) is 0 Å². The van der Waals surface area contributed by atoms with Gasteiger partial charge in [-0.1, -0.05) is 12.1 Å². The molecule has 0 spiro atoms. The van der Waals surface area contributed by atoms with Crippen molar-refractivity contribution >= 4 is 11.8 Å². The van der Waals surface area contributed by atoms with E-state index < -0.39 is 0 Å². The van der Waals surface area contributed by atoms with Crippen molar-refractivity contribution in [2.45, 2.75) is 0 Å². The quantitative estimate of drug-likeness (QED) is 0.734. The summed E-state index contributed by atoms with van der Waals surface area (Å²) in [4.78, 5) is 34.0. The predicted molar refractivity (Wildman–Crippen MR) is 103 cm³/mol. The van der Waals surface area contributed by atoms with Crippen LogP contribution in [-0.4, -0.2) is 51.9 Å². The Morgan fingerprint density at radius 2 is 1.82 bits per heavy atom. The molecule has 0 aliphatic carbocycles. The van der Waals surface area contributed by atoms with Crippen molar-refractivity contribution in [2.75, 3.05) is 20.6 Å². The number of carbonyl (C=O) groups is 2. The smallest absolute Gasteiger partial charge is 0.268 e. The third kappa shape index (κ3) is 4.22. The first-order valence-corrected chi connectivity index (χ1v) is 8.58. The van der Waals surface area contributed by atoms with E-state index in [9.17, 15) is 14.0 Å². The lowest BCUT2D eigenvalue weighted by atomic mass is 10.1. The van der Waals surface area contributed by atoms with E-state index in [0.29, 0.717) is 17.1 Å². The van der Waals surface area contributed by atoms with Crippen molar-refractivity contribution in [1.29, 1.82) is 0 Å². The summed E-state index contributed by atoms with van der Waals surface area (Å²) in [6.07, 6.45) is 5.03. The summed E-state index contributed by atoms with van der Waals surface area (Å²) in [7, 11) is 5.00. The van der Waals surface area contributed by atoms with Gasteiger partial charge in [-0.25, -0.2) is 14.4 Å². The summed E-state index contributed by atoms with van der Waals surface area (Å²) in [6.45, 7) is -0.0716. The fourth-order valence-corrected chi connectivity index (χ4v) is 2.61. The van der Waals surface area contributed by atoms with Crippen LogP contribution < -0.4 is 5.32 Å². The summed E-state index contributed by atoms with van der Waals surface area (Å²) >= 11 is 0. The minimum Gasteiger partial charge on any atom is -0.347 e. The van der Waals surface area contributed by atoms with Crippen LogP contribution >= 0.6 is 0 Å². The van der Waals surface area contributed by atoms with Crippen molar-refractivity contribution in [2.24, 2.45) is 7.05 Å². The zero-order chi connectivity index (χ0) is 20.3. The molecule has 2 amide bonds. The zero-order valence-electron chi connectivity index (χ0n) is 15.8. The van der Waals surface area contributed by atoms with Gasteiger partial charge in [0.1, 0.15) is 11.5 Å². The predicted octanol–water partition coefficient (Wildman–Crippen LogP) is 2.11. The number of rotatable bonds is 5. The Labute approximate surface area is 161 Å². The second-order valence-electron chi connectivity index (χ2n) is 6.50. The van der Waals surface area contributed by atoms with Gasteiger partial charge in [0.15, 0.2) is 5.82 Å². The summed E-state index contributed by atoms with van der Waals surface area (Å²) in [5.41, 5.74) is 2.48. The van der Waals surface area contributed by atoms with E-state index >= 15 is 0 Å². The molecule has 3 rings (SSSR count). The van der Waals surface area contributed by atoms with Crippen LogP contribution in [0.4, 0.5) is 4.39 Å². The van der Waals surface area contributed by atoms with Crippen molar-refractivity contribution in [3.8, 4) is 22.5 Å². The molecule has 8 heteroatoms. The Hall–Kier alpha value is -3.55. The molecule has 1 N–H and O–H groups in total. The minimum absolute atomic E-state index is 0.0716. The van der Waals surface area contributed by atoms with Gasteiger partial charge in [0.2, 0.25) is 5.91 Å². The highest BCUT2D eigenvalue weighted by atomic mass is 19.1. The van der Waals surface area contributed by atoms with E-state index in [2.05, 4.69) is 15.3 Å². The van der Waals surface area contributed by atoms with Crippen LogP contribution in [-0.2, 0) is 11.8 Å². The highest BCUT2D eigenvalue weighted by molar-refractivity contribution is 5.96. The Kier molecular flexibility index (Phi) is 5.49. The highest BCUT2D eigenvalue weighted by Gasteiger charge is 2.15. The molecule has 0 fully saturated rings. The number of hydrogen-bond acceptors (Lipinski definition) is 4. The van der Waals surface area contributed by atoms with E-state index in [4.69, 9.17) is 0 Å². The SMILES string of the molecule is CN(C)C(=O)CNC(=O)c1cc(-c2cnc(-c3cccc(F)c3)nc2)cn1C. The molecule has 1 aromatic carbocycles. The maximum absolute atomic E-state index is 13.4. The maximum atomic E-state index is 13.4. The average Bonchev–Trinajstić information content (AvgIpc) is 3.07. The van der Waals surface area contributed by atoms with Gasteiger partial charge in [0.05, 0.1) is 6.54 Å². The third-order valence-corrected chi connectivity index (χ3v) is 4.20. The Morgan fingerprint density at radius 1 is 1.11 bits per heavy atom. The maximum Gasteiger partial charge on any atom is 0.268 e. The number of benzene rings is 1. The van der Waals surface area contributed by atoms with Crippen LogP contribution in [0.5, 0.6) is 0 Å². The summed E-state index contributed by atoms with van der Waals surface area (Å²) in [5.74, 6) is -0.471. The van der Waals surface area contributed by atoms with E-state index in [1.54, 1.807) is 62.5 Å². The van der Waals surface area contributed by atoms with E-state index in [-0.39, 0.29) is 24.2 Å². The number of hydrogen-bond donors (Lipinski definition) is 1. The van der Waals surface area contributed by atoms with Crippen LogP contribution in [0.1, 0.15) is 10.5 Å². The molecule has 0 radical (unpaired) electrons. The first kappa shape index (κ1) is 19.2. The Balaban J connectivity index is 1.77. The number of likely N-dealkylation sites (N-methyl/N-ethyl adjacent to an activating group) is 1. The molecular formula is C20H20FN5O2. The first-order valence-electron chi connectivity index (χ1n) is 8.58. The molecule has 2 aromatic heterocycles. The number of carbonyl (C=O) groups excluding carboxylic acids is 2. The lowest BCUT2D eigenvalue weighted by Gasteiger charge is -2.11. The van der Waals surface area contributed by atoms with Crippen LogP contribution in [0.25, 0.3) is 22.5 Å². The normalized spacial score (nSPS) is 10.6. The monoisotopic (exact) mass is 381 g/mol. The molecule has 0 saturated carbocycles. The molecule has 144 valence electrons. The highest BCUT2D eigenvalue weighted by Crippen LogP contribution is 2.22. The fraction of sp³-hybridized carbons (Fsp3) is 0.200. The second-order valence-corrected chi connectivity index (χ2v) is 6.50. The molecule has 3 aromatic rings. The average molecular weight is 381 g/mol. The van der Waals surface area contributed by atoms with Crippen LogP contribution in [0.15, 0.2) is 48.9 Å². The third-order valence-electron chi connectivity index (χ3n) is 4.20. The number of halogens is 1. The van der Waals surface area contributed by atoms with E-state index in [0.717, 1.165) is 11.1 Å². The van der Waals surface area contributed by atoms with Crippen molar-refractivity contribution in [3.63, 3.8) is 0 Å². The topological polar surface area (TPSA) is 80.1 Å².